The van der Waals surface area contributed by atoms with E-state index in [1.807, 2.05) is 13.8 Å². The minimum Gasteiger partial charge on any atom is -0.366 e. The Morgan fingerprint density at radius 1 is 1.38 bits per heavy atom. The Labute approximate surface area is 80.7 Å². The second kappa shape index (κ2) is 5.99. The minimum absolute atomic E-state index is 0.0637. The fourth-order valence-corrected chi connectivity index (χ4v) is 1.10. The summed E-state index contributed by atoms with van der Waals surface area (Å²) >= 11 is 0. The van der Waals surface area contributed by atoms with Gasteiger partial charge < -0.3 is 4.74 Å². The molecule has 0 aromatic heterocycles. The highest BCUT2D eigenvalue weighted by atomic mass is 19.1. The third-order valence-corrected chi connectivity index (χ3v) is 1.51. The first-order valence-electron chi connectivity index (χ1n) is 4.72. The topological polar surface area (TPSA) is 9.23 Å². The average molecular weight is 186 g/mol. The molecule has 0 spiro atoms. The summed E-state index contributed by atoms with van der Waals surface area (Å²) in [6.07, 6.45) is 1.19. The Morgan fingerprint density at radius 3 is 2.46 bits per heavy atom. The van der Waals surface area contributed by atoms with Crippen molar-refractivity contribution in [1.29, 1.82) is 0 Å². The lowest BCUT2D eigenvalue weighted by atomic mass is 10.0. The zero-order chi connectivity index (χ0) is 10.3. The number of ether oxygens (including phenoxy) is 1. The van der Waals surface area contributed by atoms with Crippen molar-refractivity contribution >= 4 is 0 Å². The molecule has 0 radical (unpaired) electrons. The van der Waals surface area contributed by atoms with Crippen LogP contribution in [-0.4, -0.2) is 18.4 Å². The van der Waals surface area contributed by atoms with Gasteiger partial charge in [0.2, 0.25) is 0 Å². The molecule has 1 unspecified atom stereocenters. The van der Waals surface area contributed by atoms with Crippen LogP contribution in [0.1, 0.15) is 40.5 Å². The van der Waals surface area contributed by atoms with Gasteiger partial charge in [-0.2, -0.15) is 0 Å². The van der Waals surface area contributed by atoms with E-state index in [-0.39, 0.29) is 6.10 Å². The van der Waals surface area contributed by atoms with Crippen molar-refractivity contribution in [2.24, 2.45) is 0 Å². The maximum Gasteiger partial charge on any atom is 0.108 e. The molecule has 0 aromatic carbocycles. The molecule has 1 atom stereocenters. The third kappa shape index (κ3) is 9.36. The van der Waals surface area contributed by atoms with Gasteiger partial charge in [0.25, 0.3) is 0 Å². The molecule has 0 aliphatic rings. The van der Waals surface area contributed by atoms with Gasteiger partial charge in [0, 0.05) is 12.8 Å². The van der Waals surface area contributed by atoms with E-state index in [1.165, 1.54) is 0 Å². The summed E-state index contributed by atoms with van der Waals surface area (Å²) in [5.41, 5.74) is -1.16. The Kier molecular flexibility index (Phi) is 5.73. The molecule has 0 rings (SSSR count). The molecule has 76 valence electrons. The Bertz CT molecular complexity index is 182. The van der Waals surface area contributed by atoms with Crippen LogP contribution in [0.25, 0.3) is 0 Å². The van der Waals surface area contributed by atoms with Gasteiger partial charge in [-0.05, 0) is 20.8 Å². The molecule has 0 fully saturated rings. The first-order valence-corrected chi connectivity index (χ1v) is 4.72. The van der Waals surface area contributed by atoms with Crippen LogP contribution in [0, 0.1) is 11.8 Å². The van der Waals surface area contributed by atoms with Crippen LogP contribution in [0.5, 0.6) is 0 Å². The summed E-state index contributed by atoms with van der Waals surface area (Å²) in [4.78, 5) is 0. The molecule has 0 aliphatic heterocycles. The summed E-state index contributed by atoms with van der Waals surface area (Å²) < 4.78 is 18.4. The van der Waals surface area contributed by atoms with E-state index in [0.717, 1.165) is 6.42 Å². The minimum atomic E-state index is -1.16. The van der Waals surface area contributed by atoms with Crippen molar-refractivity contribution in [3.05, 3.63) is 0 Å². The SMILES string of the molecule is CCC#CCOC(C)CC(C)(C)F. The summed E-state index contributed by atoms with van der Waals surface area (Å²) in [5, 5.41) is 0. The lowest BCUT2D eigenvalue weighted by Gasteiger charge is -2.18. The molecule has 13 heavy (non-hydrogen) atoms. The van der Waals surface area contributed by atoms with E-state index in [1.54, 1.807) is 13.8 Å². The molecule has 0 N–H and O–H groups in total. The van der Waals surface area contributed by atoms with Gasteiger partial charge in [-0.25, -0.2) is 4.39 Å². The van der Waals surface area contributed by atoms with Crippen molar-refractivity contribution in [2.75, 3.05) is 6.61 Å². The van der Waals surface area contributed by atoms with E-state index >= 15 is 0 Å². The highest BCUT2D eigenvalue weighted by Crippen LogP contribution is 2.17. The fourth-order valence-electron chi connectivity index (χ4n) is 1.10. The maximum absolute atomic E-state index is 13.1. The highest BCUT2D eigenvalue weighted by molar-refractivity contribution is 4.98. The molecule has 1 nitrogen and oxygen atoms in total. The molecule has 0 aliphatic carbocycles. The van der Waals surface area contributed by atoms with Crippen LogP contribution < -0.4 is 0 Å². The summed E-state index contributed by atoms with van der Waals surface area (Å²) in [5.74, 6) is 5.75. The van der Waals surface area contributed by atoms with Crippen LogP contribution in [0.2, 0.25) is 0 Å². The molecular weight excluding hydrogens is 167 g/mol. The molecule has 2 heteroatoms. The predicted octanol–water partition coefficient (Wildman–Crippen LogP) is 2.94. The van der Waals surface area contributed by atoms with Crippen molar-refractivity contribution in [1.82, 2.24) is 0 Å². The van der Waals surface area contributed by atoms with E-state index in [9.17, 15) is 4.39 Å². The van der Waals surface area contributed by atoms with Crippen LogP contribution in [-0.2, 0) is 4.74 Å². The summed E-state index contributed by atoms with van der Waals surface area (Å²) in [6, 6.07) is 0. The number of hydrogen-bond acceptors (Lipinski definition) is 1. The van der Waals surface area contributed by atoms with E-state index in [2.05, 4.69) is 11.8 Å². The zero-order valence-corrected chi connectivity index (χ0v) is 8.98. The number of alkyl halides is 1. The highest BCUT2D eigenvalue weighted by Gasteiger charge is 2.19. The predicted molar refractivity (Wildman–Crippen MR) is 53.3 cm³/mol. The normalized spacial score (nSPS) is 13.3. The lowest BCUT2D eigenvalue weighted by Crippen LogP contribution is -2.22. The zero-order valence-electron chi connectivity index (χ0n) is 8.98. The Balaban J connectivity index is 3.57. The summed E-state index contributed by atoms with van der Waals surface area (Å²) in [7, 11) is 0. The van der Waals surface area contributed by atoms with Crippen molar-refractivity contribution < 1.29 is 9.13 Å². The smallest absolute Gasteiger partial charge is 0.108 e. The first-order chi connectivity index (χ1) is 5.95. The standard InChI is InChI=1S/C11H19FO/c1-5-6-7-8-13-10(2)9-11(3,4)12/h10H,5,8-9H2,1-4H3. The number of hydrogen-bond donors (Lipinski definition) is 0. The van der Waals surface area contributed by atoms with Gasteiger partial charge in [0.15, 0.2) is 0 Å². The number of rotatable bonds is 4. The van der Waals surface area contributed by atoms with E-state index < -0.39 is 5.67 Å². The van der Waals surface area contributed by atoms with Gasteiger partial charge >= 0.3 is 0 Å². The molecular formula is C11H19FO. The maximum atomic E-state index is 13.1. The first kappa shape index (κ1) is 12.4. The average Bonchev–Trinajstić information content (AvgIpc) is 1.94. The molecule has 0 heterocycles. The van der Waals surface area contributed by atoms with E-state index in [4.69, 9.17) is 4.74 Å². The molecule has 0 saturated heterocycles. The Morgan fingerprint density at radius 2 is 2.00 bits per heavy atom. The van der Waals surface area contributed by atoms with Crippen molar-refractivity contribution in [3.8, 4) is 11.8 Å². The Hall–Kier alpha value is -0.550. The van der Waals surface area contributed by atoms with Crippen LogP contribution >= 0.6 is 0 Å². The molecule has 0 amide bonds. The second-order valence-corrected chi connectivity index (χ2v) is 3.75. The van der Waals surface area contributed by atoms with Gasteiger partial charge in [0.1, 0.15) is 12.3 Å². The molecule has 0 saturated carbocycles. The second-order valence-electron chi connectivity index (χ2n) is 3.75. The van der Waals surface area contributed by atoms with Gasteiger partial charge in [-0.3, -0.25) is 0 Å². The lowest BCUT2D eigenvalue weighted by molar-refractivity contribution is 0.0414. The van der Waals surface area contributed by atoms with Crippen LogP contribution in [0.15, 0.2) is 0 Å². The van der Waals surface area contributed by atoms with Crippen LogP contribution in [0.3, 0.4) is 0 Å². The fraction of sp³-hybridized carbons (Fsp3) is 0.818. The molecule has 0 bridgehead atoms. The van der Waals surface area contributed by atoms with Crippen molar-refractivity contribution in [3.63, 3.8) is 0 Å². The van der Waals surface area contributed by atoms with E-state index in [0.29, 0.717) is 13.0 Å². The van der Waals surface area contributed by atoms with Gasteiger partial charge in [0.05, 0.1) is 6.10 Å². The molecule has 0 aromatic rings. The largest absolute Gasteiger partial charge is 0.366 e. The van der Waals surface area contributed by atoms with Crippen LogP contribution in [0.4, 0.5) is 4.39 Å². The van der Waals surface area contributed by atoms with Gasteiger partial charge in [-0.15, -0.1) is 5.92 Å². The third-order valence-electron chi connectivity index (χ3n) is 1.51. The van der Waals surface area contributed by atoms with Crippen molar-refractivity contribution in [2.45, 2.75) is 52.3 Å². The van der Waals surface area contributed by atoms with Gasteiger partial charge in [-0.1, -0.05) is 12.8 Å². The number of halogens is 1. The quantitative estimate of drug-likeness (QED) is 0.613. The monoisotopic (exact) mass is 186 g/mol. The summed E-state index contributed by atoms with van der Waals surface area (Å²) in [6.45, 7) is 7.39.